The summed E-state index contributed by atoms with van der Waals surface area (Å²) in [5.74, 6) is 0.110. The van der Waals surface area contributed by atoms with Crippen molar-refractivity contribution in [1.82, 2.24) is 10.6 Å². The van der Waals surface area contributed by atoms with E-state index in [4.69, 9.17) is 5.73 Å². The molecule has 16 heavy (non-hydrogen) atoms. The van der Waals surface area contributed by atoms with Crippen molar-refractivity contribution >= 4 is 11.8 Å². The second-order valence-electron chi connectivity index (χ2n) is 4.46. The molecule has 1 heterocycles. The van der Waals surface area contributed by atoms with E-state index >= 15 is 0 Å². The summed E-state index contributed by atoms with van der Waals surface area (Å²) in [7, 11) is 0. The predicted molar refractivity (Wildman–Crippen MR) is 61.6 cm³/mol. The van der Waals surface area contributed by atoms with Crippen molar-refractivity contribution in [2.75, 3.05) is 6.54 Å². The topological polar surface area (TPSA) is 84.2 Å². The SMILES string of the molecule is CCC(C)[C@H](N)C(=O)NCC1CCC(=O)N1. The Balaban J connectivity index is 2.27. The third kappa shape index (κ3) is 3.48. The Labute approximate surface area is 96.1 Å². The number of carbonyl (C=O) groups excluding carboxylic acids is 2. The molecule has 5 nitrogen and oxygen atoms in total. The highest BCUT2D eigenvalue weighted by molar-refractivity contribution is 5.82. The Hall–Kier alpha value is -1.10. The van der Waals surface area contributed by atoms with Gasteiger partial charge in [-0.25, -0.2) is 0 Å². The molecule has 0 aromatic rings. The Morgan fingerprint density at radius 2 is 2.38 bits per heavy atom. The van der Waals surface area contributed by atoms with Crippen LogP contribution >= 0.6 is 0 Å². The molecule has 5 heteroatoms. The van der Waals surface area contributed by atoms with E-state index in [1.54, 1.807) is 0 Å². The van der Waals surface area contributed by atoms with E-state index in [9.17, 15) is 9.59 Å². The maximum atomic E-state index is 11.6. The fourth-order valence-corrected chi connectivity index (χ4v) is 1.68. The largest absolute Gasteiger partial charge is 0.353 e. The average molecular weight is 227 g/mol. The second kappa shape index (κ2) is 5.84. The van der Waals surface area contributed by atoms with Gasteiger partial charge >= 0.3 is 0 Å². The van der Waals surface area contributed by atoms with Crippen LogP contribution in [0.2, 0.25) is 0 Å². The first-order valence-corrected chi connectivity index (χ1v) is 5.87. The molecule has 2 unspecified atom stereocenters. The lowest BCUT2D eigenvalue weighted by molar-refractivity contribution is -0.124. The van der Waals surface area contributed by atoms with Crippen LogP contribution in [0.15, 0.2) is 0 Å². The van der Waals surface area contributed by atoms with Gasteiger partial charge in [-0.15, -0.1) is 0 Å². The van der Waals surface area contributed by atoms with Crippen molar-refractivity contribution < 1.29 is 9.59 Å². The number of nitrogens with two attached hydrogens (primary N) is 1. The first-order chi connectivity index (χ1) is 7.54. The van der Waals surface area contributed by atoms with Gasteiger partial charge in [-0.05, 0) is 12.3 Å². The summed E-state index contributed by atoms with van der Waals surface area (Å²) < 4.78 is 0. The zero-order valence-electron chi connectivity index (χ0n) is 9.95. The molecule has 3 atom stereocenters. The zero-order valence-corrected chi connectivity index (χ0v) is 9.95. The quantitative estimate of drug-likeness (QED) is 0.606. The van der Waals surface area contributed by atoms with Gasteiger partial charge in [-0.3, -0.25) is 9.59 Å². The van der Waals surface area contributed by atoms with Gasteiger partial charge in [-0.2, -0.15) is 0 Å². The molecule has 1 fully saturated rings. The van der Waals surface area contributed by atoms with Crippen molar-refractivity contribution in [3.63, 3.8) is 0 Å². The normalized spacial score (nSPS) is 23.7. The molecule has 0 bridgehead atoms. The number of nitrogens with one attached hydrogen (secondary N) is 2. The molecule has 1 rings (SSSR count). The molecule has 0 aliphatic carbocycles. The molecule has 0 spiro atoms. The molecule has 1 aliphatic heterocycles. The Morgan fingerprint density at radius 1 is 1.69 bits per heavy atom. The fraction of sp³-hybridized carbons (Fsp3) is 0.818. The van der Waals surface area contributed by atoms with Gasteiger partial charge in [0.2, 0.25) is 11.8 Å². The summed E-state index contributed by atoms with van der Waals surface area (Å²) in [6, 6.07) is -0.386. The monoisotopic (exact) mass is 227 g/mol. The summed E-state index contributed by atoms with van der Waals surface area (Å²) in [5, 5.41) is 5.58. The van der Waals surface area contributed by atoms with Gasteiger partial charge in [0.1, 0.15) is 0 Å². The van der Waals surface area contributed by atoms with Gasteiger partial charge in [0.15, 0.2) is 0 Å². The third-order valence-electron chi connectivity index (χ3n) is 3.17. The highest BCUT2D eigenvalue weighted by Crippen LogP contribution is 2.07. The van der Waals surface area contributed by atoms with Gasteiger partial charge in [0.25, 0.3) is 0 Å². The van der Waals surface area contributed by atoms with Crippen molar-refractivity contribution in [1.29, 1.82) is 0 Å². The minimum atomic E-state index is -0.456. The van der Waals surface area contributed by atoms with Gasteiger partial charge < -0.3 is 16.4 Å². The summed E-state index contributed by atoms with van der Waals surface area (Å²) >= 11 is 0. The van der Waals surface area contributed by atoms with E-state index in [2.05, 4.69) is 10.6 Å². The van der Waals surface area contributed by atoms with Crippen molar-refractivity contribution in [3.8, 4) is 0 Å². The minimum absolute atomic E-state index is 0.0606. The second-order valence-corrected chi connectivity index (χ2v) is 4.46. The maximum Gasteiger partial charge on any atom is 0.237 e. The van der Waals surface area contributed by atoms with Crippen LogP contribution in [0.1, 0.15) is 33.1 Å². The van der Waals surface area contributed by atoms with Crippen LogP contribution in [0.4, 0.5) is 0 Å². The first-order valence-electron chi connectivity index (χ1n) is 5.87. The van der Waals surface area contributed by atoms with Crippen LogP contribution in [-0.2, 0) is 9.59 Å². The average Bonchev–Trinajstić information content (AvgIpc) is 2.69. The van der Waals surface area contributed by atoms with E-state index < -0.39 is 6.04 Å². The molecule has 0 aromatic heterocycles. The van der Waals surface area contributed by atoms with Crippen LogP contribution < -0.4 is 16.4 Å². The van der Waals surface area contributed by atoms with E-state index in [1.807, 2.05) is 13.8 Å². The molecule has 1 saturated heterocycles. The van der Waals surface area contributed by atoms with Gasteiger partial charge in [0.05, 0.1) is 6.04 Å². The Morgan fingerprint density at radius 3 is 2.88 bits per heavy atom. The fourth-order valence-electron chi connectivity index (χ4n) is 1.68. The van der Waals surface area contributed by atoms with Crippen LogP contribution in [0.25, 0.3) is 0 Å². The van der Waals surface area contributed by atoms with Crippen molar-refractivity contribution in [2.24, 2.45) is 11.7 Å². The third-order valence-corrected chi connectivity index (χ3v) is 3.17. The lowest BCUT2D eigenvalue weighted by atomic mass is 9.99. The summed E-state index contributed by atoms with van der Waals surface area (Å²) in [6.07, 6.45) is 2.23. The van der Waals surface area contributed by atoms with Gasteiger partial charge in [0, 0.05) is 19.0 Å². The molecule has 1 aliphatic rings. The summed E-state index contributed by atoms with van der Waals surface area (Å²) in [6.45, 7) is 4.45. The summed E-state index contributed by atoms with van der Waals surface area (Å²) in [4.78, 5) is 22.6. The van der Waals surface area contributed by atoms with Crippen molar-refractivity contribution in [2.45, 2.75) is 45.2 Å². The molecule has 0 aromatic carbocycles. The van der Waals surface area contributed by atoms with Gasteiger partial charge in [-0.1, -0.05) is 20.3 Å². The number of hydrogen-bond donors (Lipinski definition) is 3. The molecule has 0 radical (unpaired) electrons. The minimum Gasteiger partial charge on any atom is -0.353 e. The van der Waals surface area contributed by atoms with Crippen LogP contribution in [0.5, 0.6) is 0 Å². The molecular weight excluding hydrogens is 206 g/mol. The lowest BCUT2D eigenvalue weighted by Crippen LogP contribution is -2.48. The molecule has 2 amide bonds. The molecule has 4 N–H and O–H groups in total. The smallest absolute Gasteiger partial charge is 0.237 e. The Bertz CT molecular complexity index is 268. The number of carbonyl (C=O) groups is 2. The number of hydrogen-bond acceptors (Lipinski definition) is 3. The lowest BCUT2D eigenvalue weighted by Gasteiger charge is -2.19. The van der Waals surface area contributed by atoms with Crippen LogP contribution in [0.3, 0.4) is 0 Å². The summed E-state index contributed by atoms with van der Waals surface area (Å²) in [5.41, 5.74) is 5.78. The first kappa shape index (κ1) is 13.0. The number of rotatable bonds is 5. The highest BCUT2D eigenvalue weighted by Gasteiger charge is 2.23. The van der Waals surface area contributed by atoms with E-state index in [1.165, 1.54) is 0 Å². The van der Waals surface area contributed by atoms with E-state index in [-0.39, 0.29) is 23.8 Å². The Kier molecular flexibility index (Phi) is 4.73. The molecular formula is C11H21N3O2. The molecule has 0 saturated carbocycles. The van der Waals surface area contributed by atoms with E-state index in [0.717, 1.165) is 12.8 Å². The number of amides is 2. The van der Waals surface area contributed by atoms with Crippen LogP contribution in [-0.4, -0.2) is 30.4 Å². The predicted octanol–water partition coefficient (Wildman–Crippen LogP) is -0.245. The standard InChI is InChI=1S/C11H21N3O2/c1-3-7(2)10(12)11(16)13-6-8-4-5-9(15)14-8/h7-8,10H,3-6,12H2,1-2H3,(H,13,16)(H,14,15)/t7?,8?,10-/m0/s1. The molecule has 92 valence electrons. The van der Waals surface area contributed by atoms with Crippen molar-refractivity contribution in [3.05, 3.63) is 0 Å². The maximum absolute atomic E-state index is 11.6. The highest BCUT2D eigenvalue weighted by atomic mass is 16.2. The zero-order chi connectivity index (χ0) is 12.1. The van der Waals surface area contributed by atoms with E-state index in [0.29, 0.717) is 13.0 Å². The van der Waals surface area contributed by atoms with Crippen LogP contribution in [0, 0.1) is 5.92 Å².